The Hall–Kier alpha value is -0.390. The van der Waals surface area contributed by atoms with Gasteiger partial charge in [0.2, 0.25) is 0 Å². The van der Waals surface area contributed by atoms with Crippen molar-refractivity contribution in [3.05, 3.63) is 27.7 Å². The predicted molar refractivity (Wildman–Crippen MR) is 97.0 cm³/mol. The maximum Gasteiger partial charge on any atom is 0.257 e. The van der Waals surface area contributed by atoms with E-state index in [1.54, 1.807) is 18.2 Å². The summed E-state index contributed by atoms with van der Waals surface area (Å²) in [5, 5.41) is 4.31. The van der Waals surface area contributed by atoms with Crippen molar-refractivity contribution in [3.63, 3.8) is 0 Å². The molecule has 6 heteroatoms. The number of amides is 1. The molecular weight excluding hydrogens is 386 g/mol. The molecule has 1 saturated carbocycles. The Morgan fingerprint density at radius 1 is 1.36 bits per heavy atom. The van der Waals surface area contributed by atoms with Crippen molar-refractivity contribution in [3.8, 4) is 5.75 Å². The third-order valence-corrected chi connectivity index (χ3v) is 5.82. The highest BCUT2D eigenvalue weighted by molar-refractivity contribution is 9.10. The Morgan fingerprint density at radius 2 is 2.14 bits per heavy atom. The van der Waals surface area contributed by atoms with E-state index in [4.69, 9.17) is 16.3 Å². The number of halogens is 2. The van der Waals surface area contributed by atoms with Crippen molar-refractivity contribution in [2.45, 2.75) is 37.4 Å². The van der Waals surface area contributed by atoms with Crippen LogP contribution in [0.3, 0.4) is 0 Å². The molecule has 1 aromatic carbocycles. The lowest BCUT2D eigenvalue weighted by Gasteiger charge is -2.20. The third-order valence-electron chi connectivity index (χ3n) is 3.58. The molecule has 22 heavy (non-hydrogen) atoms. The van der Waals surface area contributed by atoms with Gasteiger partial charge in [-0.15, -0.1) is 0 Å². The predicted octanol–water partition coefficient (Wildman–Crippen LogP) is 4.66. The van der Waals surface area contributed by atoms with Crippen molar-refractivity contribution in [1.82, 2.24) is 5.32 Å². The van der Waals surface area contributed by atoms with E-state index in [0.717, 1.165) is 15.5 Å². The normalized spacial score (nSPS) is 15.5. The molecule has 0 heterocycles. The van der Waals surface area contributed by atoms with Crippen LogP contribution in [0.4, 0.5) is 0 Å². The van der Waals surface area contributed by atoms with Gasteiger partial charge in [0.15, 0.2) is 6.61 Å². The number of rotatable bonds is 7. The monoisotopic (exact) mass is 405 g/mol. The molecule has 0 spiro atoms. The maximum atomic E-state index is 11.8. The molecule has 0 aromatic heterocycles. The number of hydrogen-bond donors (Lipinski definition) is 1. The van der Waals surface area contributed by atoms with Gasteiger partial charge >= 0.3 is 0 Å². The number of hydrogen-bond acceptors (Lipinski definition) is 3. The highest BCUT2D eigenvalue weighted by Crippen LogP contribution is 2.28. The minimum absolute atomic E-state index is 0.0222. The lowest BCUT2D eigenvalue weighted by atomic mass is 10.0. The molecule has 1 fully saturated rings. The number of carbonyl (C=O) groups excluding carboxylic acids is 1. The van der Waals surface area contributed by atoms with Gasteiger partial charge in [-0.3, -0.25) is 4.79 Å². The van der Waals surface area contributed by atoms with Crippen LogP contribution in [0, 0.1) is 0 Å². The van der Waals surface area contributed by atoms with Crippen molar-refractivity contribution < 1.29 is 9.53 Å². The second kappa shape index (κ2) is 9.68. The van der Waals surface area contributed by atoms with Crippen LogP contribution in [0.25, 0.3) is 0 Å². The van der Waals surface area contributed by atoms with E-state index in [2.05, 4.69) is 21.2 Å². The molecule has 1 aromatic rings. The average Bonchev–Trinajstić information content (AvgIpc) is 2.52. The highest BCUT2D eigenvalue weighted by atomic mass is 79.9. The molecule has 122 valence electrons. The van der Waals surface area contributed by atoms with Gasteiger partial charge in [0.05, 0.1) is 4.47 Å². The van der Waals surface area contributed by atoms with E-state index in [1.807, 2.05) is 11.8 Å². The highest BCUT2D eigenvalue weighted by Gasteiger charge is 2.13. The van der Waals surface area contributed by atoms with Gasteiger partial charge in [0.25, 0.3) is 5.91 Å². The number of benzene rings is 1. The molecule has 1 aliphatic carbocycles. The van der Waals surface area contributed by atoms with Crippen LogP contribution in [0.2, 0.25) is 5.02 Å². The van der Waals surface area contributed by atoms with Gasteiger partial charge in [0, 0.05) is 22.6 Å². The molecule has 1 N–H and O–H groups in total. The molecular formula is C16H21BrClNO2S. The zero-order valence-corrected chi connectivity index (χ0v) is 15.6. The Bertz CT molecular complexity index is 495. The Morgan fingerprint density at radius 3 is 2.86 bits per heavy atom. The first-order chi connectivity index (χ1) is 10.6. The SMILES string of the molecule is O=C(COc1ccc(Cl)cc1Br)NCCSC1CCCCC1. The molecule has 3 nitrogen and oxygen atoms in total. The number of thioether (sulfide) groups is 1. The van der Waals surface area contributed by atoms with Gasteiger partial charge in [0.1, 0.15) is 5.75 Å². The van der Waals surface area contributed by atoms with Gasteiger partial charge in [-0.2, -0.15) is 11.8 Å². The molecule has 0 atom stereocenters. The summed E-state index contributed by atoms with van der Waals surface area (Å²) in [5.74, 6) is 1.50. The summed E-state index contributed by atoms with van der Waals surface area (Å²) < 4.78 is 6.23. The Kier molecular flexibility index (Phi) is 7.90. The topological polar surface area (TPSA) is 38.3 Å². The Balaban J connectivity index is 1.59. The minimum atomic E-state index is -0.0916. The molecule has 0 radical (unpaired) electrons. The van der Waals surface area contributed by atoms with Crippen LogP contribution in [0.5, 0.6) is 5.75 Å². The van der Waals surface area contributed by atoms with Crippen LogP contribution < -0.4 is 10.1 Å². The summed E-state index contributed by atoms with van der Waals surface area (Å²) in [7, 11) is 0. The largest absolute Gasteiger partial charge is 0.483 e. The maximum absolute atomic E-state index is 11.8. The van der Waals surface area contributed by atoms with Gasteiger partial charge in [-0.25, -0.2) is 0 Å². The number of ether oxygens (including phenoxy) is 1. The van der Waals surface area contributed by atoms with Crippen molar-refractivity contribution in [2.24, 2.45) is 0 Å². The van der Waals surface area contributed by atoms with Crippen LogP contribution in [0.15, 0.2) is 22.7 Å². The first-order valence-electron chi connectivity index (χ1n) is 7.61. The van der Waals surface area contributed by atoms with E-state index in [9.17, 15) is 4.79 Å². The molecule has 0 saturated heterocycles. The summed E-state index contributed by atoms with van der Waals surface area (Å²) in [6.07, 6.45) is 6.74. The van der Waals surface area contributed by atoms with E-state index in [1.165, 1.54) is 32.1 Å². The third kappa shape index (κ3) is 6.39. The van der Waals surface area contributed by atoms with Crippen molar-refractivity contribution in [2.75, 3.05) is 18.9 Å². The van der Waals surface area contributed by atoms with E-state index < -0.39 is 0 Å². The fourth-order valence-corrected chi connectivity index (χ4v) is 4.45. The standard InChI is InChI=1S/C16H21BrClNO2S/c17-14-10-12(18)6-7-15(14)21-11-16(20)19-8-9-22-13-4-2-1-3-5-13/h6-7,10,13H,1-5,8-9,11H2,(H,19,20). The summed E-state index contributed by atoms with van der Waals surface area (Å²) in [4.78, 5) is 11.8. The zero-order valence-electron chi connectivity index (χ0n) is 12.4. The second-order valence-corrected chi connectivity index (χ2v) is 8.04. The molecule has 0 aliphatic heterocycles. The van der Waals surface area contributed by atoms with Crippen LogP contribution >= 0.6 is 39.3 Å². The lowest BCUT2D eigenvalue weighted by molar-refractivity contribution is -0.122. The molecule has 0 bridgehead atoms. The molecule has 1 aliphatic rings. The summed E-state index contributed by atoms with van der Waals surface area (Å²) >= 11 is 11.2. The van der Waals surface area contributed by atoms with Crippen LogP contribution in [-0.2, 0) is 4.79 Å². The van der Waals surface area contributed by atoms with Gasteiger partial charge in [-0.05, 0) is 47.0 Å². The van der Waals surface area contributed by atoms with Gasteiger partial charge in [-0.1, -0.05) is 30.9 Å². The smallest absolute Gasteiger partial charge is 0.257 e. The number of nitrogens with one attached hydrogen (secondary N) is 1. The number of carbonyl (C=O) groups is 1. The second-order valence-electron chi connectivity index (χ2n) is 5.34. The molecule has 0 unspecified atom stereocenters. The van der Waals surface area contributed by atoms with Gasteiger partial charge < -0.3 is 10.1 Å². The fraction of sp³-hybridized carbons (Fsp3) is 0.562. The summed E-state index contributed by atoms with van der Waals surface area (Å²) in [5.41, 5.74) is 0. The molecule has 1 amide bonds. The first-order valence-corrected chi connectivity index (χ1v) is 9.83. The quantitative estimate of drug-likeness (QED) is 0.669. The van der Waals surface area contributed by atoms with E-state index >= 15 is 0 Å². The first kappa shape index (κ1) is 18.0. The zero-order chi connectivity index (χ0) is 15.8. The van der Waals surface area contributed by atoms with Crippen molar-refractivity contribution >= 4 is 45.2 Å². The van der Waals surface area contributed by atoms with E-state index in [-0.39, 0.29) is 12.5 Å². The van der Waals surface area contributed by atoms with Crippen LogP contribution in [0.1, 0.15) is 32.1 Å². The summed E-state index contributed by atoms with van der Waals surface area (Å²) in [6, 6.07) is 5.23. The minimum Gasteiger partial charge on any atom is -0.483 e. The molecule has 2 rings (SSSR count). The van der Waals surface area contributed by atoms with Crippen LogP contribution in [-0.4, -0.2) is 30.1 Å². The lowest BCUT2D eigenvalue weighted by Crippen LogP contribution is -2.31. The van der Waals surface area contributed by atoms with E-state index in [0.29, 0.717) is 17.3 Å². The summed E-state index contributed by atoms with van der Waals surface area (Å²) in [6.45, 7) is 0.722. The Labute approximate surface area is 149 Å². The fourth-order valence-electron chi connectivity index (χ4n) is 2.43. The average molecular weight is 407 g/mol. The van der Waals surface area contributed by atoms with Crippen molar-refractivity contribution in [1.29, 1.82) is 0 Å².